The predicted octanol–water partition coefficient (Wildman–Crippen LogP) is 4.05. The molecule has 1 N–H and O–H groups in total. The number of hydrogen-bond donors (Lipinski definition) is 1. The normalized spacial score (nSPS) is 12.8. The van der Waals surface area contributed by atoms with Gasteiger partial charge in [-0.15, -0.1) is 11.8 Å². The maximum absolute atomic E-state index is 11.4. The van der Waals surface area contributed by atoms with Crippen molar-refractivity contribution in [2.45, 2.75) is 18.2 Å². The van der Waals surface area contributed by atoms with Crippen LogP contribution in [0.2, 0.25) is 0 Å². The van der Waals surface area contributed by atoms with Gasteiger partial charge in [-0.2, -0.15) is 0 Å². The Morgan fingerprint density at radius 3 is 2.96 bits per heavy atom. The Kier molecular flexibility index (Phi) is 5.13. The lowest BCUT2D eigenvalue weighted by Gasteiger charge is -2.13. The van der Waals surface area contributed by atoms with Gasteiger partial charge in [-0.3, -0.25) is 4.79 Å². The lowest BCUT2D eigenvalue weighted by atomic mass is 9.99. The molecular formula is C22H23N3O2S. The van der Waals surface area contributed by atoms with E-state index in [1.807, 2.05) is 31.4 Å². The number of nitrogens with zero attached hydrogens (tertiary/aromatic N) is 2. The minimum absolute atomic E-state index is 0.0188. The van der Waals surface area contributed by atoms with Gasteiger partial charge in [-0.25, -0.2) is 4.98 Å². The van der Waals surface area contributed by atoms with Crippen LogP contribution in [0.1, 0.15) is 18.1 Å². The van der Waals surface area contributed by atoms with Crippen LogP contribution in [0.15, 0.2) is 41.4 Å². The van der Waals surface area contributed by atoms with Crippen molar-refractivity contribution in [3.8, 4) is 17.0 Å². The summed E-state index contributed by atoms with van der Waals surface area (Å²) in [5, 5.41) is 4.09. The molecule has 0 bridgehead atoms. The molecule has 0 atom stereocenters. The van der Waals surface area contributed by atoms with Gasteiger partial charge in [0.05, 0.1) is 12.8 Å². The predicted molar refractivity (Wildman–Crippen MR) is 115 cm³/mol. The van der Waals surface area contributed by atoms with E-state index in [4.69, 9.17) is 9.72 Å². The summed E-state index contributed by atoms with van der Waals surface area (Å²) in [5.41, 5.74) is 5.47. The summed E-state index contributed by atoms with van der Waals surface area (Å²) in [6.45, 7) is 2.13. The summed E-state index contributed by atoms with van der Waals surface area (Å²) in [4.78, 5) is 17.4. The van der Waals surface area contributed by atoms with Gasteiger partial charge in [0, 0.05) is 53.9 Å². The van der Waals surface area contributed by atoms with E-state index in [2.05, 4.69) is 28.1 Å². The van der Waals surface area contributed by atoms with Crippen LogP contribution >= 0.6 is 11.8 Å². The van der Waals surface area contributed by atoms with Crippen LogP contribution in [-0.2, 0) is 18.3 Å². The molecule has 1 aromatic carbocycles. The quantitative estimate of drug-likeness (QED) is 0.711. The molecule has 1 aliphatic rings. The number of para-hydroxylation sites is 1. The first-order valence-electron chi connectivity index (χ1n) is 9.29. The first-order valence-corrected chi connectivity index (χ1v) is 10.3. The largest absolute Gasteiger partial charge is 0.496 e. The number of ether oxygens (including phenoxy) is 1. The summed E-state index contributed by atoms with van der Waals surface area (Å²) in [5.74, 6) is 1.77. The molecule has 3 heterocycles. The summed E-state index contributed by atoms with van der Waals surface area (Å²) in [6.07, 6.45) is 7.08. The van der Waals surface area contributed by atoms with Crippen molar-refractivity contribution in [2.75, 3.05) is 19.4 Å². The number of methoxy groups -OCH3 is 1. The number of thioether (sulfide) groups is 1. The molecule has 0 spiro atoms. The third-order valence-corrected chi connectivity index (χ3v) is 6.03. The Labute approximate surface area is 168 Å². The Morgan fingerprint density at radius 1 is 1.36 bits per heavy atom. The van der Waals surface area contributed by atoms with Crippen LogP contribution in [0.5, 0.6) is 5.75 Å². The minimum atomic E-state index is -0.0188. The molecule has 1 amide bonds. The van der Waals surface area contributed by atoms with Crippen molar-refractivity contribution < 1.29 is 9.53 Å². The van der Waals surface area contributed by atoms with Crippen LogP contribution in [0.25, 0.3) is 28.4 Å². The molecule has 5 nitrogen and oxygen atoms in total. The molecule has 0 fully saturated rings. The molecule has 0 saturated heterocycles. The van der Waals surface area contributed by atoms with Crippen LogP contribution in [0.3, 0.4) is 0 Å². The van der Waals surface area contributed by atoms with Crippen LogP contribution in [0, 0.1) is 0 Å². The second-order valence-corrected chi connectivity index (χ2v) is 7.83. The van der Waals surface area contributed by atoms with E-state index < -0.39 is 0 Å². The highest BCUT2D eigenvalue weighted by Gasteiger charge is 2.23. The van der Waals surface area contributed by atoms with E-state index in [1.165, 1.54) is 16.0 Å². The number of benzene rings is 1. The van der Waals surface area contributed by atoms with E-state index in [-0.39, 0.29) is 5.91 Å². The Balaban J connectivity index is 1.99. The molecular weight excluding hydrogens is 370 g/mol. The van der Waals surface area contributed by atoms with Gasteiger partial charge in [-0.1, -0.05) is 24.3 Å². The first kappa shape index (κ1) is 18.6. The number of aromatic nitrogens is 2. The highest BCUT2D eigenvalue weighted by atomic mass is 32.2. The number of rotatable bonds is 5. The maximum atomic E-state index is 11.4. The van der Waals surface area contributed by atoms with E-state index >= 15 is 0 Å². The smallest absolute Gasteiger partial charge is 0.216 e. The summed E-state index contributed by atoms with van der Waals surface area (Å²) in [7, 11) is 3.74. The summed E-state index contributed by atoms with van der Waals surface area (Å²) >= 11 is 1.81. The molecule has 144 valence electrons. The van der Waals surface area contributed by atoms with Crippen molar-refractivity contribution in [1.29, 1.82) is 0 Å². The fourth-order valence-corrected chi connectivity index (χ4v) is 4.68. The maximum Gasteiger partial charge on any atom is 0.216 e. The highest BCUT2D eigenvalue weighted by molar-refractivity contribution is 7.99. The fourth-order valence-electron chi connectivity index (χ4n) is 3.85. The van der Waals surface area contributed by atoms with Gasteiger partial charge in [0.25, 0.3) is 0 Å². The van der Waals surface area contributed by atoms with Gasteiger partial charge in [0.1, 0.15) is 11.4 Å². The average molecular weight is 394 g/mol. The molecule has 2 aromatic heterocycles. The second-order valence-electron chi connectivity index (χ2n) is 6.77. The zero-order valence-corrected chi connectivity index (χ0v) is 17.1. The van der Waals surface area contributed by atoms with E-state index in [1.54, 1.807) is 25.8 Å². The number of carbonyl (C=O) groups excluding carboxylic acids is 1. The van der Waals surface area contributed by atoms with E-state index in [0.29, 0.717) is 6.54 Å². The molecule has 0 radical (unpaired) electrons. The number of hydrogen-bond acceptors (Lipinski definition) is 4. The van der Waals surface area contributed by atoms with E-state index in [9.17, 15) is 4.79 Å². The zero-order valence-electron chi connectivity index (χ0n) is 16.3. The Bertz CT molecular complexity index is 1090. The van der Waals surface area contributed by atoms with Gasteiger partial charge in [-0.05, 0) is 24.1 Å². The van der Waals surface area contributed by atoms with Crippen LogP contribution in [0.4, 0.5) is 0 Å². The lowest BCUT2D eigenvalue weighted by Crippen LogP contribution is -2.22. The van der Waals surface area contributed by atoms with Crippen molar-refractivity contribution in [3.05, 3.63) is 47.7 Å². The molecule has 6 heteroatoms. The standard InChI is InChI=1S/C22H23N3O2S/c1-14(26)23-11-10-17-20-16-8-6-12-28-19(16)13-24-22(20)25(2)21(17)15-7-4-5-9-18(15)27-3/h4-9,13H,10-12H2,1-3H3,(H,23,26). The van der Waals surface area contributed by atoms with Crippen LogP contribution < -0.4 is 10.1 Å². The number of amides is 1. The average Bonchev–Trinajstić information content (AvgIpc) is 3.00. The molecule has 4 rings (SSSR count). The van der Waals surface area contributed by atoms with E-state index in [0.717, 1.165) is 40.2 Å². The third kappa shape index (κ3) is 3.18. The van der Waals surface area contributed by atoms with Crippen molar-refractivity contribution in [3.63, 3.8) is 0 Å². The number of carbonyl (C=O) groups is 1. The van der Waals surface area contributed by atoms with Crippen LogP contribution in [-0.4, -0.2) is 34.9 Å². The number of aryl methyl sites for hydroxylation is 1. The van der Waals surface area contributed by atoms with Gasteiger partial charge >= 0.3 is 0 Å². The Hall–Kier alpha value is -2.73. The van der Waals surface area contributed by atoms with Gasteiger partial charge in [0.2, 0.25) is 5.91 Å². The topological polar surface area (TPSA) is 56.1 Å². The molecule has 0 saturated carbocycles. The fraction of sp³-hybridized carbons (Fsp3) is 0.273. The second kappa shape index (κ2) is 7.72. The minimum Gasteiger partial charge on any atom is -0.496 e. The summed E-state index contributed by atoms with van der Waals surface area (Å²) < 4.78 is 7.78. The lowest BCUT2D eigenvalue weighted by molar-refractivity contribution is -0.118. The molecule has 0 aliphatic carbocycles. The monoisotopic (exact) mass is 393 g/mol. The molecule has 28 heavy (non-hydrogen) atoms. The third-order valence-electron chi connectivity index (χ3n) is 5.03. The molecule has 3 aromatic rings. The highest BCUT2D eigenvalue weighted by Crippen LogP contribution is 2.42. The van der Waals surface area contributed by atoms with Crippen molar-refractivity contribution in [2.24, 2.45) is 7.05 Å². The Morgan fingerprint density at radius 2 is 2.18 bits per heavy atom. The molecule has 1 aliphatic heterocycles. The van der Waals surface area contributed by atoms with Crippen molar-refractivity contribution >= 4 is 34.8 Å². The first-order chi connectivity index (χ1) is 13.6. The van der Waals surface area contributed by atoms with Gasteiger partial charge in [0.15, 0.2) is 0 Å². The van der Waals surface area contributed by atoms with Gasteiger partial charge < -0.3 is 14.6 Å². The number of nitrogens with one attached hydrogen (secondary N) is 1. The zero-order chi connectivity index (χ0) is 19.7. The summed E-state index contributed by atoms with van der Waals surface area (Å²) in [6, 6.07) is 8.04. The SMILES string of the molecule is COc1ccccc1-c1c(CCNC(C)=O)c2c3c(cnc2n1C)SCC=C3. The number of pyridine rings is 1. The van der Waals surface area contributed by atoms with Crippen molar-refractivity contribution in [1.82, 2.24) is 14.9 Å². The molecule has 0 unspecified atom stereocenters. The number of fused-ring (bicyclic) bond motifs is 3.